The van der Waals surface area contributed by atoms with Crippen LogP contribution in [0.25, 0.3) is 0 Å². The van der Waals surface area contributed by atoms with Gasteiger partial charge in [0.25, 0.3) is 0 Å². The Labute approximate surface area is 103 Å². The van der Waals surface area contributed by atoms with Gasteiger partial charge in [0.2, 0.25) is 0 Å². The molecule has 98 valence electrons. The van der Waals surface area contributed by atoms with Gasteiger partial charge in [-0.1, -0.05) is 6.42 Å². The maximum Gasteiger partial charge on any atom is 0.332 e. The third-order valence-electron chi connectivity index (χ3n) is 3.57. The highest BCUT2D eigenvalue weighted by molar-refractivity contribution is 5.70. The van der Waals surface area contributed by atoms with E-state index in [-0.39, 0.29) is 24.8 Å². The molecule has 4 nitrogen and oxygen atoms in total. The molecule has 0 atom stereocenters. The SMILES string of the molecule is O=C(COC1CCNCC1)OC1CCCCC1. The first-order chi connectivity index (χ1) is 8.34. The second kappa shape index (κ2) is 6.97. The van der Waals surface area contributed by atoms with Crippen LogP contribution in [-0.4, -0.2) is 37.9 Å². The van der Waals surface area contributed by atoms with Gasteiger partial charge in [-0.05, 0) is 51.6 Å². The van der Waals surface area contributed by atoms with E-state index in [1.807, 2.05) is 0 Å². The minimum absolute atomic E-state index is 0.126. The van der Waals surface area contributed by atoms with Gasteiger partial charge in [-0.15, -0.1) is 0 Å². The molecule has 2 fully saturated rings. The first-order valence-corrected chi connectivity index (χ1v) is 6.86. The minimum Gasteiger partial charge on any atom is -0.461 e. The Balaban J connectivity index is 1.59. The molecule has 1 saturated carbocycles. The molecule has 1 saturated heterocycles. The molecule has 0 bridgehead atoms. The summed E-state index contributed by atoms with van der Waals surface area (Å²) in [5.74, 6) is -0.185. The molecule has 17 heavy (non-hydrogen) atoms. The average Bonchev–Trinajstić information content (AvgIpc) is 2.39. The van der Waals surface area contributed by atoms with Crippen LogP contribution in [0.1, 0.15) is 44.9 Å². The van der Waals surface area contributed by atoms with E-state index in [1.165, 1.54) is 19.3 Å². The zero-order valence-corrected chi connectivity index (χ0v) is 10.5. The van der Waals surface area contributed by atoms with Crippen molar-refractivity contribution in [1.29, 1.82) is 0 Å². The number of esters is 1. The van der Waals surface area contributed by atoms with Crippen LogP contribution in [-0.2, 0) is 14.3 Å². The van der Waals surface area contributed by atoms with Gasteiger partial charge in [0.1, 0.15) is 12.7 Å². The van der Waals surface area contributed by atoms with Crippen LogP contribution in [0.5, 0.6) is 0 Å². The lowest BCUT2D eigenvalue weighted by Gasteiger charge is -2.24. The highest BCUT2D eigenvalue weighted by Gasteiger charge is 2.19. The lowest BCUT2D eigenvalue weighted by atomic mass is 9.98. The Bertz CT molecular complexity index is 233. The van der Waals surface area contributed by atoms with E-state index in [0.29, 0.717) is 0 Å². The van der Waals surface area contributed by atoms with Crippen molar-refractivity contribution in [2.24, 2.45) is 0 Å². The summed E-state index contributed by atoms with van der Waals surface area (Å²) in [6, 6.07) is 0. The van der Waals surface area contributed by atoms with Crippen LogP contribution >= 0.6 is 0 Å². The largest absolute Gasteiger partial charge is 0.461 e. The van der Waals surface area contributed by atoms with Gasteiger partial charge in [-0.25, -0.2) is 4.79 Å². The summed E-state index contributed by atoms with van der Waals surface area (Å²) in [5, 5.41) is 3.27. The van der Waals surface area contributed by atoms with Crippen molar-refractivity contribution < 1.29 is 14.3 Å². The molecule has 2 rings (SSSR count). The highest BCUT2D eigenvalue weighted by Crippen LogP contribution is 2.20. The number of carbonyl (C=O) groups excluding carboxylic acids is 1. The summed E-state index contributed by atoms with van der Waals surface area (Å²) in [7, 11) is 0. The predicted octanol–water partition coefficient (Wildman–Crippen LogP) is 1.63. The Morgan fingerprint density at radius 2 is 1.71 bits per heavy atom. The van der Waals surface area contributed by atoms with Gasteiger partial charge < -0.3 is 14.8 Å². The van der Waals surface area contributed by atoms with Crippen LogP contribution < -0.4 is 5.32 Å². The lowest BCUT2D eigenvalue weighted by molar-refractivity contribution is -0.158. The molecule has 0 aromatic heterocycles. The zero-order chi connectivity index (χ0) is 11.9. The first-order valence-electron chi connectivity index (χ1n) is 6.86. The average molecular weight is 241 g/mol. The van der Waals surface area contributed by atoms with Crippen molar-refractivity contribution in [3.05, 3.63) is 0 Å². The summed E-state index contributed by atoms with van der Waals surface area (Å²) in [6.45, 7) is 2.10. The van der Waals surface area contributed by atoms with E-state index >= 15 is 0 Å². The molecule has 1 aliphatic carbocycles. The number of hydrogen-bond acceptors (Lipinski definition) is 4. The quantitative estimate of drug-likeness (QED) is 0.760. The summed E-state index contributed by atoms with van der Waals surface area (Å²) < 4.78 is 11.0. The monoisotopic (exact) mass is 241 g/mol. The van der Waals surface area contributed by atoms with Crippen molar-refractivity contribution in [2.75, 3.05) is 19.7 Å². The highest BCUT2D eigenvalue weighted by atomic mass is 16.6. The Morgan fingerprint density at radius 3 is 2.41 bits per heavy atom. The molecule has 0 aromatic rings. The van der Waals surface area contributed by atoms with Gasteiger partial charge in [-0.2, -0.15) is 0 Å². The fourth-order valence-electron chi connectivity index (χ4n) is 2.55. The third kappa shape index (κ3) is 4.64. The van der Waals surface area contributed by atoms with Crippen molar-refractivity contribution in [1.82, 2.24) is 5.32 Å². The number of carbonyl (C=O) groups is 1. The van der Waals surface area contributed by atoms with Gasteiger partial charge in [0, 0.05) is 0 Å². The van der Waals surface area contributed by atoms with E-state index in [0.717, 1.165) is 38.8 Å². The standard InChI is InChI=1S/C13H23NO3/c15-13(17-12-4-2-1-3-5-12)10-16-11-6-8-14-9-7-11/h11-12,14H,1-10H2. The van der Waals surface area contributed by atoms with Crippen molar-refractivity contribution in [3.8, 4) is 0 Å². The number of ether oxygens (including phenoxy) is 2. The van der Waals surface area contributed by atoms with Crippen LogP contribution in [0.4, 0.5) is 0 Å². The Kier molecular flexibility index (Phi) is 5.26. The molecule has 0 unspecified atom stereocenters. The van der Waals surface area contributed by atoms with Gasteiger partial charge in [-0.3, -0.25) is 0 Å². The van der Waals surface area contributed by atoms with Crippen LogP contribution in [0, 0.1) is 0 Å². The molecule has 1 aliphatic heterocycles. The predicted molar refractivity (Wildman–Crippen MR) is 64.8 cm³/mol. The molecule has 1 heterocycles. The number of piperidine rings is 1. The maximum atomic E-state index is 11.6. The third-order valence-corrected chi connectivity index (χ3v) is 3.57. The smallest absolute Gasteiger partial charge is 0.332 e. The fraction of sp³-hybridized carbons (Fsp3) is 0.923. The van der Waals surface area contributed by atoms with Gasteiger partial charge >= 0.3 is 5.97 Å². The summed E-state index contributed by atoms with van der Waals surface area (Å²) >= 11 is 0. The lowest BCUT2D eigenvalue weighted by Crippen LogP contribution is -2.34. The van der Waals surface area contributed by atoms with E-state index in [9.17, 15) is 4.79 Å². The molecular weight excluding hydrogens is 218 g/mol. The van der Waals surface area contributed by atoms with E-state index < -0.39 is 0 Å². The molecule has 0 spiro atoms. The molecule has 0 radical (unpaired) electrons. The topological polar surface area (TPSA) is 47.6 Å². The normalized spacial score (nSPS) is 23.5. The molecule has 4 heteroatoms. The van der Waals surface area contributed by atoms with Crippen molar-refractivity contribution >= 4 is 5.97 Å². The molecule has 1 N–H and O–H groups in total. The summed E-state index contributed by atoms with van der Waals surface area (Å²) in [4.78, 5) is 11.6. The van der Waals surface area contributed by atoms with Crippen molar-refractivity contribution in [2.45, 2.75) is 57.2 Å². The second-order valence-electron chi connectivity index (χ2n) is 5.01. The number of hydrogen-bond donors (Lipinski definition) is 1. The Hall–Kier alpha value is -0.610. The van der Waals surface area contributed by atoms with Crippen molar-refractivity contribution in [3.63, 3.8) is 0 Å². The minimum atomic E-state index is -0.185. The molecule has 0 amide bonds. The summed E-state index contributed by atoms with van der Waals surface area (Å²) in [6.07, 6.45) is 8.08. The second-order valence-corrected chi connectivity index (χ2v) is 5.01. The molecule has 0 aromatic carbocycles. The van der Waals surface area contributed by atoms with Crippen LogP contribution in [0.15, 0.2) is 0 Å². The van der Waals surface area contributed by atoms with Crippen LogP contribution in [0.2, 0.25) is 0 Å². The fourth-order valence-corrected chi connectivity index (χ4v) is 2.55. The number of nitrogens with one attached hydrogen (secondary N) is 1. The maximum absolute atomic E-state index is 11.6. The molecular formula is C13H23NO3. The van der Waals surface area contributed by atoms with E-state index in [2.05, 4.69) is 5.32 Å². The number of rotatable bonds is 4. The van der Waals surface area contributed by atoms with E-state index in [4.69, 9.17) is 9.47 Å². The van der Waals surface area contributed by atoms with E-state index in [1.54, 1.807) is 0 Å². The van der Waals surface area contributed by atoms with Crippen LogP contribution in [0.3, 0.4) is 0 Å². The first kappa shape index (κ1) is 12.8. The Morgan fingerprint density at radius 1 is 1.00 bits per heavy atom. The van der Waals surface area contributed by atoms with Gasteiger partial charge in [0.15, 0.2) is 0 Å². The summed E-state index contributed by atoms with van der Waals surface area (Å²) in [5.41, 5.74) is 0. The molecule has 2 aliphatic rings. The zero-order valence-electron chi connectivity index (χ0n) is 10.5. The van der Waals surface area contributed by atoms with Gasteiger partial charge in [0.05, 0.1) is 6.10 Å².